The molecule has 1 aromatic carbocycles. The molecule has 0 aromatic heterocycles. The van der Waals surface area contributed by atoms with Crippen LogP contribution in [0.4, 0.5) is 0 Å². The van der Waals surface area contributed by atoms with Crippen LogP contribution in [0.3, 0.4) is 0 Å². The molecule has 0 radical (unpaired) electrons. The Bertz CT molecular complexity index is 929. The van der Waals surface area contributed by atoms with E-state index in [2.05, 4.69) is 4.40 Å². The highest BCUT2D eigenvalue weighted by Crippen LogP contribution is 2.38. The van der Waals surface area contributed by atoms with Gasteiger partial charge in [0.1, 0.15) is 10.9 Å². The number of rotatable bonds is 1. The third-order valence-corrected chi connectivity index (χ3v) is 7.97. The number of nitrogens with zero attached hydrogens (tertiary/aromatic N) is 3. The number of fused-ring (bicyclic) bond motifs is 2. The lowest BCUT2D eigenvalue weighted by atomic mass is 9.98. The summed E-state index contributed by atoms with van der Waals surface area (Å²) in [5.41, 5.74) is 6.82. The van der Waals surface area contributed by atoms with E-state index in [1.54, 1.807) is 18.2 Å². The van der Waals surface area contributed by atoms with Crippen molar-refractivity contribution in [3.8, 4) is 0 Å². The van der Waals surface area contributed by atoms with E-state index in [9.17, 15) is 13.2 Å². The van der Waals surface area contributed by atoms with Crippen molar-refractivity contribution in [3.63, 3.8) is 0 Å². The quantitative estimate of drug-likeness (QED) is 0.768. The van der Waals surface area contributed by atoms with Gasteiger partial charge in [-0.05, 0) is 49.7 Å². The molecule has 4 unspecified atom stereocenters. The van der Waals surface area contributed by atoms with Crippen molar-refractivity contribution in [2.45, 2.75) is 42.7 Å². The Kier molecular flexibility index (Phi) is 3.84. The lowest BCUT2D eigenvalue weighted by Crippen LogP contribution is -2.47. The van der Waals surface area contributed by atoms with Crippen molar-refractivity contribution in [1.29, 1.82) is 0 Å². The maximum absolute atomic E-state index is 13.3. The average molecular weight is 388 g/mol. The second kappa shape index (κ2) is 6.04. The van der Waals surface area contributed by atoms with Crippen molar-refractivity contribution < 1.29 is 13.2 Å². The fraction of sp³-hybridized carbons (Fsp3) is 0.579. The van der Waals surface area contributed by atoms with Gasteiger partial charge in [0.2, 0.25) is 5.91 Å². The van der Waals surface area contributed by atoms with E-state index in [4.69, 9.17) is 5.73 Å². The fourth-order valence-corrected chi connectivity index (χ4v) is 6.49. The zero-order valence-electron chi connectivity index (χ0n) is 15.1. The van der Waals surface area contributed by atoms with Gasteiger partial charge in [-0.15, -0.1) is 4.40 Å². The number of amidine groups is 1. The van der Waals surface area contributed by atoms with Crippen LogP contribution in [-0.2, 0) is 14.8 Å². The summed E-state index contributed by atoms with van der Waals surface area (Å²) in [6.45, 7) is 2.17. The van der Waals surface area contributed by atoms with Gasteiger partial charge in [0.15, 0.2) is 5.84 Å². The molecule has 3 aliphatic heterocycles. The SMILES string of the molecule is NC1CCC2CN(C(=O)C3CCCN3C3=NS(=O)(=O)c4ccccc43)CC12. The lowest BCUT2D eigenvalue weighted by molar-refractivity contribution is -0.134. The molecule has 3 fully saturated rings. The van der Waals surface area contributed by atoms with Gasteiger partial charge in [-0.25, -0.2) is 0 Å². The molecule has 1 aromatic rings. The topological polar surface area (TPSA) is 96.1 Å². The third kappa shape index (κ3) is 2.61. The molecule has 3 heterocycles. The largest absolute Gasteiger partial charge is 0.343 e. The van der Waals surface area contributed by atoms with Crippen molar-refractivity contribution in [2.24, 2.45) is 22.0 Å². The van der Waals surface area contributed by atoms with Crippen LogP contribution in [-0.4, -0.2) is 61.7 Å². The Morgan fingerprint density at radius 3 is 2.78 bits per heavy atom. The van der Waals surface area contributed by atoms with E-state index >= 15 is 0 Å². The first-order chi connectivity index (χ1) is 13.0. The van der Waals surface area contributed by atoms with E-state index in [0.29, 0.717) is 29.8 Å². The Hall–Kier alpha value is -1.93. The van der Waals surface area contributed by atoms with Crippen LogP contribution in [0.1, 0.15) is 31.2 Å². The van der Waals surface area contributed by atoms with Crippen molar-refractivity contribution in [1.82, 2.24) is 9.80 Å². The molecule has 0 spiro atoms. The van der Waals surface area contributed by atoms with Gasteiger partial charge in [0.25, 0.3) is 10.0 Å². The smallest absolute Gasteiger partial charge is 0.285 e. The number of carbonyl (C=O) groups is 1. The van der Waals surface area contributed by atoms with Gasteiger partial charge in [-0.2, -0.15) is 8.42 Å². The molecule has 0 bridgehead atoms. The second-order valence-electron chi connectivity index (χ2n) is 8.15. The Morgan fingerprint density at radius 2 is 1.96 bits per heavy atom. The van der Waals surface area contributed by atoms with E-state index in [1.807, 2.05) is 15.9 Å². The van der Waals surface area contributed by atoms with Crippen molar-refractivity contribution in [2.75, 3.05) is 19.6 Å². The molecular weight excluding hydrogens is 364 g/mol. The maximum Gasteiger partial charge on any atom is 0.285 e. The van der Waals surface area contributed by atoms with E-state index in [-0.39, 0.29) is 22.9 Å². The molecule has 8 heteroatoms. The molecule has 1 saturated carbocycles. The molecular formula is C19H24N4O3S. The first kappa shape index (κ1) is 17.2. The van der Waals surface area contributed by atoms with Gasteiger partial charge >= 0.3 is 0 Å². The Labute approximate surface area is 159 Å². The van der Waals surface area contributed by atoms with Crippen molar-refractivity contribution in [3.05, 3.63) is 29.8 Å². The van der Waals surface area contributed by atoms with Gasteiger partial charge in [0, 0.05) is 31.2 Å². The first-order valence-electron chi connectivity index (χ1n) is 9.71. The Morgan fingerprint density at radius 1 is 1.15 bits per heavy atom. The summed E-state index contributed by atoms with van der Waals surface area (Å²) >= 11 is 0. The highest BCUT2D eigenvalue weighted by molar-refractivity contribution is 7.90. The number of sulfonamides is 1. The van der Waals surface area contributed by atoms with Crippen molar-refractivity contribution >= 4 is 21.8 Å². The van der Waals surface area contributed by atoms with Crippen LogP contribution >= 0.6 is 0 Å². The summed E-state index contributed by atoms with van der Waals surface area (Å²) in [6, 6.07) is 6.73. The molecule has 4 aliphatic rings. The summed E-state index contributed by atoms with van der Waals surface area (Å²) in [5.74, 6) is 1.45. The van der Waals surface area contributed by atoms with Gasteiger partial charge in [-0.1, -0.05) is 12.1 Å². The molecule has 1 amide bonds. The monoisotopic (exact) mass is 388 g/mol. The van der Waals surface area contributed by atoms with E-state index < -0.39 is 10.0 Å². The number of hydrogen-bond donors (Lipinski definition) is 1. The number of hydrogen-bond acceptors (Lipinski definition) is 5. The number of nitrogens with two attached hydrogens (primary N) is 1. The van der Waals surface area contributed by atoms with Gasteiger partial charge in [-0.3, -0.25) is 4.79 Å². The van der Waals surface area contributed by atoms with E-state index in [1.165, 1.54) is 0 Å². The van der Waals surface area contributed by atoms with Crippen LogP contribution in [0.2, 0.25) is 0 Å². The highest BCUT2D eigenvalue weighted by Gasteiger charge is 2.46. The summed E-state index contributed by atoms with van der Waals surface area (Å²) in [4.78, 5) is 17.4. The molecule has 144 valence electrons. The fourth-order valence-electron chi connectivity index (χ4n) is 5.27. The zero-order valence-corrected chi connectivity index (χ0v) is 15.9. The molecule has 2 saturated heterocycles. The maximum atomic E-state index is 13.3. The van der Waals surface area contributed by atoms with Crippen LogP contribution in [0.5, 0.6) is 0 Å². The molecule has 27 heavy (non-hydrogen) atoms. The summed E-state index contributed by atoms with van der Waals surface area (Å²) < 4.78 is 28.8. The zero-order chi connectivity index (χ0) is 18.8. The highest BCUT2D eigenvalue weighted by atomic mass is 32.2. The average Bonchev–Trinajstić information content (AvgIpc) is 3.40. The van der Waals surface area contributed by atoms with Crippen LogP contribution in [0, 0.1) is 11.8 Å². The minimum absolute atomic E-state index is 0.0959. The summed E-state index contributed by atoms with van der Waals surface area (Å²) in [7, 11) is -3.68. The van der Waals surface area contributed by atoms with Crippen LogP contribution in [0.15, 0.2) is 33.6 Å². The van der Waals surface area contributed by atoms with Gasteiger partial charge in [0.05, 0.1) is 0 Å². The van der Waals surface area contributed by atoms with E-state index in [0.717, 1.165) is 38.8 Å². The molecule has 1 aliphatic carbocycles. The molecule has 5 rings (SSSR count). The second-order valence-corrected chi connectivity index (χ2v) is 9.72. The first-order valence-corrected chi connectivity index (χ1v) is 11.1. The molecule has 2 N–H and O–H groups in total. The predicted molar refractivity (Wildman–Crippen MR) is 101 cm³/mol. The Balaban J connectivity index is 1.41. The number of carbonyl (C=O) groups excluding carboxylic acids is 1. The molecule has 7 nitrogen and oxygen atoms in total. The van der Waals surface area contributed by atoms with Gasteiger partial charge < -0.3 is 15.5 Å². The van der Waals surface area contributed by atoms with Crippen LogP contribution < -0.4 is 5.73 Å². The number of likely N-dealkylation sites (tertiary alicyclic amines) is 2. The summed E-state index contributed by atoms with van der Waals surface area (Å²) in [5, 5.41) is 0. The normalized spacial score (nSPS) is 33.9. The minimum Gasteiger partial charge on any atom is -0.343 e. The lowest BCUT2D eigenvalue weighted by Gasteiger charge is -2.29. The minimum atomic E-state index is -3.68. The number of amides is 1. The summed E-state index contributed by atoms with van der Waals surface area (Å²) in [6.07, 6.45) is 3.75. The predicted octanol–water partition coefficient (Wildman–Crippen LogP) is 0.796. The molecule has 4 atom stereocenters. The number of benzene rings is 1. The third-order valence-electron chi connectivity index (χ3n) is 6.65. The standard InChI is InChI=1S/C19H24N4O3S/c20-15-8-7-12-10-22(11-14(12)15)19(24)16-5-3-9-23(16)18-13-4-1-2-6-17(13)27(25,26)21-18/h1-2,4,6,12,14-16H,3,5,7-11,20H2. The van der Waals surface area contributed by atoms with Crippen LogP contribution in [0.25, 0.3) is 0 Å².